The molecule has 2 aliphatic rings. The van der Waals surface area contributed by atoms with Crippen LogP contribution in [0.5, 0.6) is 0 Å². The second kappa shape index (κ2) is 8.90. The molecule has 2 amide bonds. The molecule has 4 nitrogen and oxygen atoms in total. The fraction of sp³-hybridized carbons (Fsp3) is 0.652. The molecule has 3 rings (SSSR count). The summed E-state index contributed by atoms with van der Waals surface area (Å²) >= 11 is 0. The summed E-state index contributed by atoms with van der Waals surface area (Å²) in [6.07, 6.45) is 6.11. The van der Waals surface area contributed by atoms with Gasteiger partial charge in [0.1, 0.15) is 0 Å². The van der Waals surface area contributed by atoms with E-state index in [-0.39, 0.29) is 35.7 Å². The smallest absolute Gasteiger partial charge is 0.226 e. The molecule has 0 aromatic heterocycles. The molecule has 2 fully saturated rings. The van der Waals surface area contributed by atoms with E-state index in [1.54, 1.807) is 6.92 Å². The van der Waals surface area contributed by atoms with Crippen LogP contribution in [0.4, 0.5) is 0 Å². The highest BCUT2D eigenvalue weighted by atomic mass is 16.2. The number of nitrogens with zero attached hydrogens (tertiary/aromatic N) is 2. The zero-order chi connectivity index (χ0) is 19.4. The van der Waals surface area contributed by atoms with Gasteiger partial charge in [0.15, 0.2) is 0 Å². The van der Waals surface area contributed by atoms with Gasteiger partial charge in [-0.05, 0) is 31.2 Å². The van der Waals surface area contributed by atoms with Gasteiger partial charge in [-0.25, -0.2) is 0 Å². The van der Waals surface area contributed by atoms with Gasteiger partial charge in [-0.3, -0.25) is 9.59 Å². The van der Waals surface area contributed by atoms with Crippen LogP contribution in [0.2, 0.25) is 0 Å². The lowest BCUT2D eigenvalue weighted by Crippen LogP contribution is -2.51. The summed E-state index contributed by atoms with van der Waals surface area (Å²) in [5, 5.41) is 0. The van der Waals surface area contributed by atoms with Crippen molar-refractivity contribution in [2.24, 2.45) is 5.92 Å². The predicted octanol–water partition coefficient (Wildman–Crippen LogP) is 4.21. The number of hydrogen-bond acceptors (Lipinski definition) is 2. The SMILES string of the molecule is CCC(CC)C(=O)N1C[C@@H](c2ccccc2)[C@H]2[C@H]1CCCCCN2C(C)=O. The van der Waals surface area contributed by atoms with Crippen LogP contribution < -0.4 is 0 Å². The Morgan fingerprint density at radius 2 is 1.74 bits per heavy atom. The minimum Gasteiger partial charge on any atom is -0.337 e. The molecule has 0 spiro atoms. The van der Waals surface area contributed by atoms with Crippen molar-refractivity contribution < 1.29 is 9.59 Å². The van der Waals surface area contributed by atoms with Crippen LogP contribution in [0.3, 0.4) is 0 Å². The van der Waals surface area contributed by atoms with Crippen molar-refractivity contribution in [1.29, 1.82) is 0 Å². The third-order valence-electron chi connectivity index (χ3n) is 6.61. The largest absolute Gasteiger partial charge is 0.337 e. The third kappa shape index (κ3) is 4.04. The van der Waals surface area contributed by atoms with Gasteiger partial charge in [0.2, 0.25) is 11.8 Å². The Kier molecular flexibility index (Phi) is 6.56. The minimum absolute atomic E-state index is 0.0939. The number of hydrogen-bond donors (Lipinski definition) is 0. The zero-order valence-corrected chi connectivity index (χ0v) is 17.1. The highest BCUT2D eigenvalue weighted by Gasteiger charge is 2.48. The van der Waals surface area contributed by atoms with Gasteiger partial charge in [0.25, 0.3) is 0 Å². The summed E-state index contributed by atoms with van der Waals surface area (Å²) < 4.78 is 0. The first kappa shape index (κ1) is 19.9. The summed E-state index contributed by atoms with van der Waals surface area (Å²) in [5.41, 5.74) is 1.25. The first-order valence-corrected chi connectivity index (χ1v) is 10.7. The summed E-state index contributed by atoms with van der Waals surface area (Å²) in [4.78, 5) is 30.1. The maximum atomic E-state index is 13.3. The maximum absolute atomic E-state index is 13.3. The van der Waals surface area contributed by atoms with E-state index in [1.165, 1.54) is 5.56 Å². The van der Waals surface area contributed by atoms with Crippen molar-refractivity contribution in [2.45, 2.75) is 77.3 Å². The van der Waals surface area contributed by atoms with Gasteiger partial charge < -0.3 is 9.80 Å². The summed E-state index contributed by atoms with van der Waals surface area (Å²) in [5.74, 6) is 0.732. The van der Waals surface area contributed by atoms with Crippen LogP contribution in [-0.4, -0.2) is 46.8 Å². The molecule has 27 heavy (non-hydrogen) atoms. The Hall–Kier alpha value is -1.84. The normalized spacial score (nSPS) is 25.9. The lowest BCUT2D eigenvalue weighted by molar-refractivity contribution is -0.139. The Balaban J connectivity index is 2.00. The van der Waals surface area contributed by atoms with E-state index in [4.69, 9.17) is 0 Å². The molecule has 2 heterocycles. The Morgan fingerprint density at radius 1 is 1.04 bits per heavy atom. The molecule has 3 atom stereocenters. The molecule has 1 aromatic rings. The van der Waals surface area contributed by atoms with Gasteiger partial charge in [-0.15, -0.1) is 0 Å². The minimum atomic E-state index is 0.0939. The van der Waals surface area contributed by atoms with Gasteiger partial charge >= 0.3 is 0 Å². The molecule has 0 radical (unpaired) electrons. The van der Waals surface area contributed by atoms with E-state index in [2.05, 4.69) is 47.9 Å². The Labute approximate surface area is 163 Å². The molecular weight excluding hydrogens is 336 g/mol. The third-order valence-corrected chi connectivity index (χ3v) is 6.61. The molecule has 2 aliphatic heterocycles. The van der Waals surface area contributed by atoms with E-state index in [1.807, 2.05) is 6.07 Å². The standard InChI is InChI=1S/C23H34N2O2/c1-4-18(5-2)23(27)25-16-20(19-12-8-6-9-13-19)22-21(25)14-10-7-11-15-24(22)17(3)26/h6,8-9,12-13,18,20-22H,4-5,7,10-11,14-16H2,1-3H3/t20-,21+,22-/m0/s1. The van der Waals surface area contributed by atoms with E-state index >= 15 is 0 Å². The highest BCUT2D eigenvalue weighted by molar-refractivity contribution is 5.80. The number of rotatable bonds is 4. The molecule has 0 saturated carbocycles. The first-order valence-electron chi connectivity index (χ1n) is 10.7. The van der Waals surface area contributed by atoms with E-state index in [0.717, 1.165) is 51.6 Å². The maximum Gasteiger partial charge on any atom is 0.226 e. The van der Waals surface area contributed by atoms with Gasteiger partial charge in [0.05, 0.1) is 12.1 Å². The fourth-order valence-electron chi connectivity index (χ4n) is 5.12. The molecule has 148 valence electrons. The predicted molar refractivity (Wildman–Crippen MR) is 108 cm³/mol. The molecule has 0 N–H and O–H groups in total. The topological polar surface area (TPSA) is 40.6 Å². The van der Waals surface area contributed by atoms with Crippen molar-refractivity contribution in [1.82, 2.24) is 9.80 Å². The zero-order valence-electron chi connectivity index (χ0n) is 17.1. The molecule has 0 unspecified atom stereocenters. The average Bonchev–Trinajstić information content (AvgIpc) is 3.01. The number of fused-ring (bicyclic) bond motifs is 1. The monoisotopic (exact) mass is 370 g/mol. The van der Waals surface area contributed by atoms with E-state index in [0.29, 0.717) is 0 Å². The van der Waals surface area contributed by atoms with Crippen LogP contribution in [0.1, 0.15) is 70.8 Å². The Morgan fingerprint density at radius 3 is 2.37 bits per heavy atom. The lowest BCUT2D eigenvalue weighted by atomic mass is 9.87. The number of amides is 2. The van der Waals surface area contributed by atoms with Gasteiger partial charge in [-0.2, -0.15) is 0 Å². The van der Waals surface area contributed by atoms with Crippen LogP contribution >= 0.6 is 0 Å². The Bertz CT molecular complexity index is 641. The molecule has 0 bridgehead atoms. The van der Waals surface area contributed by atoms with Crippen LogP contribution in [0, 0.1) is 5.92 Å². The van der Waals surface area contributed by atoms with E-state index in [9.17, 15) is 9.59 Å². The van der Waals surface area contributed by atoms with Gasteiger partial charge in [0, 0.05) is 31.8 Å². The highest BCUT2D eigenvalue weighted by Crippen LogP contribution is 2.40. The second-order valence-electron chi connectivity index (χ2n) is 8.14. The van der Waals surface area contributed by atoms with Crippen LogP contribution in [0.15, 0.2) is 30.3 Å². The fourth-order valence-corrected chi connectivity index (χ4v) is 5.12. The lowest BCUT2D eigenvalue weighted by Gasteiger charge is -2.39. The van der Waals surface area contributed by atoms with Crippen molar-refractivity contribution >= 4 is 11.8 Å². The molecule has 4 heteroatoms. The quantitative estimate of drug-likeness (QED) is 0.797. The number of benzene rings is 1. The van der Waals surface area contributed by atoms with E-state index < -0.39 is 0 Å². The molecule has 0 aliphatic carbocycles. The second-order valence-corrected chi connectivity index (χ2v) is 8.14. The first-order chi connectivity index (χ1) is 13.1. The number of carbonyl (C=O) groups is 2. The summed E-state index contributed by atoms with van der Waals surface area (Å²) in [6, 6.07) is 10.7. The molecular formula is C23H34N2O2. The van der Waals surface area contributed by atoms with Gasteiger partial charge in [-0.1, -0.05) is 57.0 Å². The van der Waals surface area contributed by atoms with Crippen molar-refractivity contribution in [2.75, 3.05) is 13.1 Å². The number of carbonyl (C=O) groups excluding carboxylic acids is 2. The average molecular weight is 371 g/mol. The summed E-state index contributed by atoms with van der Waals surface area (Å²) in [7, 11) is 0. The molecule has 1 aromatic carbocycles. The summed E-state index contributed by atoms with van der Waals surface area (Å²) in [6.45, 7) is 7.44. The number of likely N-dealkylation sites (tertiary alicyclic amines) is 2. The van der Waals surface area contributed by atoms with Crippen LogP contribution in [-0.2, 0) is 9.59 Å². The van der Waals surface area contributed by atoms with Crippen LogP contribution in [0.25, 0.3) is 0 Å². The van der Waals surface area contributed by atoms with Crippen molar-refractivity contribution in [3.8, 4) is 0 Å². The van der Waals surface area contributed by atoms with Crippen molar-refractivity contribution in [3.05, 3.63) is 35.9 Å². The molecule has 2 saturated heterocycles. The van der Waals surface area contributed by atoms with Crippen molar-refractivity contribution in [3.63, 3.8) is 0 Å².